The highest BCUT2D eigenvalue weighted by atomic mass is 19.2. The fraction of sp³-hybridized carbons (Fsp3) is 0.0833. The summed E-state index contributed by atoms with van der Waals surface area (Å²) in [6.45, 7) is 1.91. The van der Waals surface area contributed by atoms with Crippen molar-refractivity contribution in [2.45, 2.75) is 13.5 Å². The average molecular weight is 449 g/mol. The summed E-state index contributed by atoms with van der Waals surface area (Å²) in [6, 6.07) is 15.5. The van der Waals surface area contributed by atoms with Crippen LogP contribution in [0.25, 0.3) is 5.57 Å². The number of carbonyl (C=O) groups excluding carboxylic acids is 2. The number of non-ortho nitro benzene ring substituents is 1. The lowest BCUT2D eigenvalue weighted by Gasteiger charge is -2.15. The van der Waals surface area contributed by atoms with Crippen LogP contribution in [-0.4, -0.2) is 21.6 Å². The van der Waals surface area contributed by atoms with Gasteiger partial charge >= 0.3 is 0 Å². The number of rotatable bonds is 6. The summed E-state index contributed by atoms with van der Waals surface area (Å²) in [5.41, 5.74) is 1.75. The van der Waals surface area contributed by atoms with E-state index in [9.17, 15) is 28.5 Å². The Labute approximate surface area is 187 Å². The molecule has 0 saturated carbocycles. The van der Waals surface area contributed by atoms with Crippen molar-refractivity contribution in [1.29, 1.82) is 0 Å². The average Bonchev–Trinajstić information content (AvgIpc) is 3.02. The molecule has 0 aromatic heterocycles. The van der Waals surface area contributed by atoms with E-state index < -0.39 is 28.4 Å². The van der Waals surface area contributed by atoms with Crippen molar-refractivity contribution in [2.24, 2.45) is 0 Å². The number of nitro benzene ring substituents is 1. The zero-order valence-electron chi connectivity index (χ0n) is 17.3. The molecule has 3 aromatic carbocycles. The molecule has 166 valence electrons. The predicted molar refractivity (Wildman–Crippen MR) is 117 cm³/mol. The highest BCUT2D eigenvalue weighted by Gasteiger charge is 2.39. The standard InChI is InChI=1S/C24H17F2N3O4/c1-14-2-4-15(5-3-14)13-28-23(30)21(16-6-9-18(10-7-16)29(32)33)22(24(28)31)27-17-8-11-19(25)20(26)12-17/h2-12,27H,13H2,1H3. The molecule has 0 aliphatic carbocycles. The molecule has 0 unspecified atom stereocenters. The second-order valence-electron chi connectivity index (χ2n) is 7.49. The van der Waals surface area contributed by atoms with Crippen LogP contribution in [0.5, 0.6) is 0 Å². The van der Waals surface area contributed by atoms with Crippen LogP contribution >= 0.6 is 0 Å². The van der Waals surface area contributed by atoms with Crippen LogP contribution in [0.1, 0.15) is 16.7 Å². The molecule has 0 atom stereocenters. The molecule has 0 bridgehead atoms. The zero-order valence-corrected chi connectivity index (χ0v) is 17.3. The number of imide groups is 1. The molecule has 33 heavy (non-hydrogen) atoms. The molecule has 0 radical (unpaired) electrons. The summed E-state index contributed by atoms with van der Waals surface area (Å²) >= 11 is 0. The Morgan fingerprint density at radius 2 is 1.58 bits per heavy atom. The van der Waals surface area contributed by atoms with E-state index in [0.29, 0.717) is 0 Å². The number of benzene rings is 3. The molecule has 9 heteroatoms. The Bertz CT molecular complexity index is 1300. The summed E-state index contributed by atoms with van der Waals surface area (Å²) in [7, 11) is 0. The summed E-state index contributed by atoms with van der Waals surface area (Å²) in [6.07, 6.45) is 0. The number of aryl methyl sites for hydroxylation is 1. The van der Waals surface area contributed by atoms with Crippen LogP contribution < -0.4 is 5.32 Å². The van der Waals surface area contributed by atoms with Crippen LogP contribution in [0.2, 0.25) is 0 Å². The Balaban J connectivity index is 1.75. The van der Waals surface area contributed by atoms with E-state index in [-0.39, 0.29) is 34.8 Å². The smallest absolute Gasteiger partial charge is 0.278 e. The van der Waals surface area contributed by atoms with E-state index >= 15 is 0 Å². The van der Waals surface area contributed by atoms with Gasteiger partial charge in [0.25, 0.3) is 17.5 Å². The van der Waals surface area contributed by atoms with Gasteiger partial charge in [0.1, 0.15) is 5.70 Å². The van der Waals surface area contributed by atoms with E-state index in [1.807, 2.05) is 19.1 Å². The molecule has 2 amide bonds. The van der Waals surface area contributed by atoms with E-state index in [2.05, 4.69) is 5.32 Å². The highest BCUT2D eigenvalue weighted by Crippen LogP contribution is 2.32. The van der Waals surface area contributed by atoms with E-state index in [4.69, 9.17) is 0 Å². The number of carbonyl (C=O) groups is 2. The van der Waals surface area contributed by atoms with Gasteiger partial charge in [-0.1, -0.05) is 29.8 Å². The summed E-state index contributed by atoms with van der Waals surface area (Å²) < 4.78 is 27.0. The van der Waals surface area contributed by atoms with Gasteiger partial charge in [0.15, 0.2) is 11.6 Å². The van der Waals surface area contributed by atoms with Crippen LogP contribution in [0.15, 0.2) is 72.4 Å². The van der Waals surface area contributed by atoms with Gasteiger partial charge in [0, 0.05) is 23.9 Å². The minimum atomic E-state index is -1.12. The van der Waals surface area contributed by atoms with E-state index in [1.54, 1.807) is 12.1 Å². The van der Waals surface area contributed by atoms with E-state index in [1.165, 1.54) is 30.3 Å². The predicted octanol–water partition coefficient (Wildman–Crippen LogP) is 4.57. The number of nitrogens with zero attached hydrogens (tertiary/aromatic N) is 2. The van der Waals surface area contributed by atoms with Gasteiger partial charge in [-0.15, -0.1) is 0 Å². The molecule has 0 fully saturated rings. The van der Waals surface area contributed by atoms with Gasteiger partial charge in [-0.2, -0.15) is 0 Å². The Kier molecular flexibility index (Phi) is 5.70. The summed E-state index contributed by atoms with van der Waals surface area (Å²) in [5.74, 6) is -3.44. The summed E-state index contributed by atoms with van der Waals surface area (Å²) in [4.78, 5) is 37.9. The van der Waals surface area contributed by atoms with Crippen molar-refractivity contribution < 1.29 is 23.3 Å². The maximum atomic E-state index is 13.7. The van der Waals surface area contributed by atoms with Crippen molar-refractivity contribution in [3.8, 4) is 0 Å². The molecule has 1 heterocycles. The SMILES string of the molecule is Cc1ccc(CN2C(=O)C(Nc3ccc(F)c(F)c3)=C(c3ccc([N+](=O)[O-])cc3)C2=O)cc1. The van der Waals surface area contributed by atoms with Crippen molar-refractivity contribution in [3.63, 3.8) is 0 Å². The molecule has 1 aliphatic heterocycles. The highest BCUT2D eigenvalue weighted by molar-refractivity contribution is 6.36. The monoisotopic (exact) mass is 449 g/mol. The minimum Gasteiger partial charge on any atom is -0.350 e. The molecule has 1 N–H and O–H groups in total. The third-order valence-corrected chi connectivity index (χ3v) is 5.19. The Hall–Kier alpha value is -4.40. The van der Waals surface area contributed by atoms with Gasteiger partial charge in [0.05, 0.1) is 17.0 Å². The quantitative estimate of drug-likeness (QED) is 0.338. The number of hydrogen-bond acceptors (Lipinski definition) is 5. The number of nitrogens with one attached hydrogen (secondary N) is 1. The van der Waals surface area contributed by atoms with Crippen molar-refractivity contribution >= 4 is 28.8 Å². The van der Waals surface area contributed by atoms with Gasteiger partial charge in [0.2, 0.25) is 0 Å². The number of nitro groups is 1. The number of hydrogen-bond donors (Lipinski definition) is 1. The second kappa shape index (κ2) is 8.62. The van der Waals surface area contributed by atoms with Crippen molar-refractivity contribution in [2.75, 3.05) is 5.32 Å². The van der Waals surface area contributed by atoms with E-state index in [0.717, 1.165) is 28.2 Å². The lowest BCUT2D eigenvalue weighted by Crippen LogP contribution is -2.32. The first kappa shape index (κ1) is 21.8. The molecule has 0 spiro atoms. The summed E-state index contributed by atoms with van der Waals surface area (Å²) in [5, 5.41) is 13.7. The molecular weight excluding hydrogens is 432 g/mol. The zero-order chi connectivity index (χ0) is 23.7. The van der Waals surface area contributed by atoms with Crippen LogP contribution in [-0.2, 0) is 16.1 Å². The van der Waals surface area contributed by atoms with Gasteiger partial charge in [-0.3, -0.25) is 24.6 Å². The molecule has 1 aliphatic rings. The first-order chi connectivity index (χ1) is 15.7. The lowest BCUT2D eigenvalue weighted by molar-refractivity contribution is -0.384. The number of anilines is 1. The fourth-order valence-corrected chi connectivity index (χ4v) is 3.45. The van der Waals surface area contributed by atoms with Crippen LogP contribution in [0.4, 0.5) is 20.2 Å². The fourth-order valence-electron chi connectivity index (χ4n) is 3.45. The van der Waals surface area contributed by atoms with Crippen LogP contribution in [0, 0.1) is 28.7 Å². The molecule has 0 saturated heterocycles. The Morgan fingerprint density at radius 3 is 2.18 bits per heavy atom. The lowest BCUT2D eigenvalue weighted by atomic mass is 10.0. The molecular formula is C24H17F2N3O4. The van der Waals surface area contributed by atoms with Crippen molar-refractivity contribution in [1.82, 2.24) is 4.90 Å². The first-order valence-electron chi connectivity index (χ1n) is 9.87. The largest absolute Gasteiger partial charge is 0.350 e. The third kappa shape index (κ3) is 4.33. The van der Waals surface area contributed by atoms with Crippen LogP contribution in [0.3, 0.4) is 0 Å². The maximum Gasteiger partial charge on any atom is 0.278 e. The second-order valence-corrected chi connectivity index (χ2v) is 7.49. The van der Waals surface area contributed by atoms with Gasteiger partial charge in [-0.05, 0) is 42.3 Å². The first-order valence-corrected chi connectivity index (χ1v) is 9.87. The van der Waals surface area contributed by atoms with Gasteiger partial charge in [-0.25, -0.2) is 8.78 Å². The molecule has 3 aromatic rings. The normalized spacial score (nSPS) is 13.6. The minimum absolute atomic E-state index is 0.00259. The molecule has 7 nitrogen and oxygen atoms in total. The number of amides is 2. The Morgan fingerprint density at radius 1 is 0.909 bits per heavy atom. The van der Waals surface area contributed by atoms with Crippen molar-refractivity contribution in [3.05, 3.63) is 111 Å². The van der Waals surface area contributed by atoms with Gasteiger partial charge < -0.3 is 5.32 Å². The molecule has 4 rings (SSSR count). The maximum absolute atomic E-state index is 13.7. The topological polar surface area (TPSA) is 92.6 Å². The number of halogens is 2. The third-order valence-electron chi connectivity index (χ3n) is 5.19.